The molecule has 1 aromatic heterocycles. The molecule has 0 fully saturated rings. The van der Waals surface area contributed by atoms with Crippen LogP contribution in [0.1, 0.15) is 46.2 Å². The van der Waals surface area contributed by atoms with Crippen molar-refractivity contribution in [1.82, 2.24) is 0 Å². The fraction of sp³-hybridized carbons (Fsp3) is 0.615. The van der Waals surface area contributed by atoms with E-state index in [0.717, 1.165) is 0 Å². The molecule has 0 aliphatic carbocycles. The number of furan rings is 1. The molecule has 20 heavy (non-hydrogen) atoms. The molecule has 0 saturated heterocycles. The third-order valence-electron chi connectivity index (χ3n) is 2.07. The molecule has 0 aromatic carbocycles. The fourth-order valence-electron chi connectivity index (χ4n) is 1.59. The van der Waals surface area contributed by atoms with Gasteiger partial charge in [-0.3, -0.25) is 9.36 Å². The predicted octanol–water partition coefficient (Wildman–Crippen LogP) is 3.88. The van der Waals surface area contributed by atoms with E-state index in [0.29, 0.717) is 0 Å². The second-order valence-corrected chi connectivity index (χ2v) is 6.80. The quantitative estimate of drug-likeness (QED) is 0.562. The highest BCUT2D eigenvalue weighted by Gasteiger charge is 2.43. The van der Waals surface area contributed by atoms with Crippen LogP contribution < -0.4 is 0 Å². The SMILES string of the molecule is CC(=O)O[C@H](c1ccco1)P(=O)(OC(C)C)OC(C)C. The maximum absolute atomic E-state index is 13.0. The lowest BCUT2D eigenvalue weighted by Crippen LogP contribution is -2.17. The van der Waals surface area contributed by atoms with Crippen LogP contribution in [0.4, 0.5) is 0 Å². The van der Waals surface area contributed by atoms with Crippen LogP contribution in [0.5, 0.6) is 0 Å². The van der Waals surface area contributed by atoms with E-state index < -0.39 is 19.4 Å². The zero-order chi connectivity index (χ0) is 15.3. The van der Waals surface area contributed by atoms with Crippen molar-refractivity contribution >= 4 is 13.6 Å². The minimum absolute atomic E-state index is 0.227. The molecule has 1 aromatic rings. The average molecular weight is 304 g/mol. The van der Waals surface area contributed by atoms with E-state index in [2.05, 4.69) is 0 Å². The minimum atomic E-state index is -3.72. The highest BCUT2D eigenvalue weighted by atomic mass is 31.2. The third kappa shape index (κ3) is 4.78. The van der Waals surface area contributed by atoms with Gasteiger partial charge in [-0.1, -0.05) is 0 Å². The molecule has 7 heteroatoms. The first-order valence-corrected chi connectivity index (χ1v) is 8.03. The van der Waals surface area contributed by atoms with Gasteiger partial charge in [0, 0.05) is 6.92 Å². The van der Waals surface area contributed by atoms with Crippen LogP contribution in [0.3, 0.4) is 0 Å². The Kier molecular flexibility index (Phi) is 5.99. The van der Waals surface area contributed by atoms with Gasteiger partial charge < -0.3 is 18.2 Å². The van der Waals surface area contributed by atoms with Crippen molar-refractivity contribution in [2.45, 2.75) is 52.7 Å². The molecule has 1 rings (SSSR count). The van der Waals surface area contributed by atoms with Gasteiger partial charge in [0.15, 0.2) is 5.76 Å². The highest BCUT2D eigenvalue weighted by Crippen LogP contribution is 2.63. The molecule has 0 aliphatic rings. The summed E-state index contributed by atoms with van der Waals surface area (Å²) in [6, 6.07) is 3.18. The number of carbonyl (C=O) groups is 1. The van der Waals surface area contributed by atoms with E-state index >= 15 is 0 Å². The van der Waals surface area contributed by atoms with Crippen LogP contribution >= 0.6 is 7.60 Å². The summed E-state index contributed by atoms with van der Waals surface area (Å²) in [7, 11) is -3.72. The molecular weight excluding hydrogens is 283 g/mol. The summed E-state index contributed by atoms with van der Waals surface area (Å²) in [5, 5.41) is 0. The maximum atomic E-state index is 13.0. The molecule has 6 nitrogen and oxygen atoms in total. The summed E-state index contributed by atoms with van der Waals surface area (Å²) in [4.78, 5) is 11.3. The molecule has 0 amide bonds. The monoisotopic (exact) mass is 304 g/mol. The summed E-state index contributed by atoms with van der Waals surface area (Å²) in [5.74, 6) is -1.57. The zero-order valence-electron chi connectivity index (χ0n) is 12.4. The molecule has 0 unspecified atom stereocenters. The molecule has 114 valence electrons. The van der Waals surface area contributed by atoms with Crippen LogP contribution in [0.15, 0.2) is 22.8 Å². The molecule has 1 atom stereocenters. The summed E-state index contributed by atoms with van der Waals surface area (Å²) in [5.41, 5.74) is 0. The van der Waals surface area contributed by atoms with Crippen molar-refractivity contribution in [3.63, 3.8) is 0 Å². The van der Waals surface area contributed by atoms with E-state index in [1.807, 2.05) is 0 Å². The number of rotatable bonds is 7. The summed E-state index contributed by atoms with van der Waals surface area (Å²) < 4.78 is 34.2. The Bertz CT molecular complexity index is 451. The Morgan fingerprint density at radius 1 is 1.20 bits per heavy atom. The van der Waals surface area contributed by atoms with Gasteiger partial charge in [0.1, 0.15) is 0 Å². The molecule has 0 radical (unpaired) electrons. The van der Waals surface area contributed by atoms with Crippen molar-refractivity contribution in [2.24, 2.45) is 0 Å². The van der Waals surface area contributed by atoms with Gasteiger partial charge in [-0.15, -0.1) is 0 Å². The van der Waals surface area contributed by atoms with Crippen molar-refractivity contribution < 1.29 is 27.6 Å². The summed E-state index contributed by atoms with van der Waals surface area (Å²) >= 11 is 0. The first-order chi connectivity index (χ1) is 9.24. The fourth-order valence-corrected chi connectivity index (χ4v) is 3.77. The Balaban J connectivity index is 3.15. The normalized spacial score (nSPS) is 13.8. The number of hydrogen-bond acceptors (Lipinski definition) is 6. The molecule has 0 aliphatic heterocycles. The van der Waals surface area contributed by atoms with Crippen molar-refractivity contribution in [3.8, 4) is 0 Å². The van der Waals surface area contributed by atoms with Crippen LogP contribution in [0.2, 0.25) is 0 Å². The number of esters is 1. The molecular formula is C13H21O6P. The first-order valence-electron chi connectivity index (χ1n) is 6.41. The Morgan fingerprint density at radius 3 is 2.10 bits per heavy atom. The molecule has 0 bridgehead atoms. The highest BCUT2D eigenvalue weighted by molar-refractivity contribution is 7.54. The predicted molar refractivity (Wildman–Crippen MR) is 73.3 cm³/mol. The lowest BCUT2D eigenvalue weighted by molar-refractivity contribution is -0.145. The smallest absolute Gasteiger partial charge is 0.379 e. The van der Waals surface area contributed by atoms with Gasteiger partial charge in [-0.05, 0) is 39.8 Å². The van der Waals surface area contributed by atoms with E-state index in [-0.39, 0.29) is 18.0 Å². The van der Waals surface area contributed by atoms with Crippen LogP contribution in [-0.4, -0.2) is 18.2 Å². The van der Waals surface area contributed by atoms with Crippen molar-refractivity contribution in [2.75, 3.05) is 0 Å². The maximum Gasteiger partial charge on any atom is 0.379 e. The lowest BCUT2D eigenvalue weighted by Gasteiger charge is -2.28. The van der Waals surface area contributed by atoms with E-state index in [1.165, 1.54) is 13.2 Å². The van der Waals surface area contributed by atoms with Gasteiger partial charge in [0.05, 0.1) is 18.5 Å². The zero-order valence-corrected chi connectivity index (χ0v) is 13.3. The van der Waals surface area contributed by atoms with Gasteiger partial charge >= 0.3 is 13.6 Å². The Hall–Kier alpha value is -1.10. The minimum Gasteiger partial charge on any atom is -0.465 e. The molecule has 0 spiro atoms. The second-order valence-electron chi connectivity index (χ2n) is 4.83. The van der Waals surface area contributed by atoms with Crippen LogP contribution in [0.25, 0.3) is 0 Å². The summed E-state index contributed by atoms with van der Waals surface area (Å²) in [6.45, 7) is 8.13. The van der Waals surface area contributed by atoms with E-state index in [9.17, 15) is 9.36 Å². The number of carbonyl (C=O) groups excluding carboxylic acids is 1. The lowest BCUT2D eigenvalue weighted by atomic mass is 10.5. The standard InChI is InChI=1S/C13H21O6P/c1-9(2)18-20(15,19-10(3)4)13(17-11(5)14)12-7-6-8-16-12/h6-10,13H,1-5H3/t13-/m0/s1. The van der Waals surface area contributed by atoms with E-state index in [1.54, 1.807) is 39.8 Å². The Morgan fingerprint density at radius 2 is 1.75 bits per heavy atom. The van der Waals surface area contributed by atoms with E-state index in [4.69, 9.17) is 18.2 Å². The molecule has 0 N–H and O–H groups in total. The number of hydrogen-bond donors (Lipinski definition) is 0. The van der Waals surface area contributed by atoms with Gasteiger partial charge in [-0.25, -0.2) is 0 Å². The third-order valence-corrected chi connectivity index (χ3v) is 4.43. The largest absolute Gasteiger partial charge is 0.465 e. The molecule has 1 heterocycles. The summed E-state index contributed by atoms with van der Waals surface area (Å²) in [6.07, 6.45) is 0.696. The number of ether oxygens (including phenoxy) is 1. The topological polar surface area (TPSA) is 75.0 Å². The van der Waals surface area contributed by atoms with Crippen LogP contribution in [0, 0.1) is 0 Å². The van der Waals surface area contributed by atoms with Crippen LogP contribution in [-0.2, 0) is 23.1 Å². The molecule has 0 saturated carbocycles. The van der Waals surface area contributed by atoms with Gasteiger partial charge in [-0.2, -0.15) is 0 Å². The van der Waals surface area contributed by atoms with Crippen molar-refractivity contribution in [1.29, 1.82) is 0 Å². The Labute approximate surface area is 118 Å². The first kappa shape index (κ1) is 17.0. The average Bonchev–Trinajstić information content (AvgIpc) is 2.75. The van der Waals surface area contributed by atoms with Gasteiger partial charge in [0.25, 0.3) is 5.85 Å². The van der Waals surface area contributed by atoms with Crippen molar-refractivity contribution in [3.05, 3.63) is 24.2 Å². The van der Waals surface area contributed by atoms with Gasteiger partial charge in [0.2, 0.25) is 0 Å². The second kappa shape index (κ2) is 7.07.